The zero-order chi connectivity index (χ0) is 18.4. The summed E-state index contributed by atoms with van der Waals surface area (Å²) in [5.41, 5.74) is 1.11. The monoisotopic (exact) mass is 349 g/mol. The van der Waals surface area contributed by atoms with Crippen LogP contribution in [0.4, 0.5) is 8.78 Å². The maximum absolute atomic E-state index is 13.4. The van der Waals surface area contributed by atoms with E-state index in [0.29, 0.717) is 30.0 Å². The third kappa shape index (κ3) is 5.00. The SMILES string of the molecule is COC(=O)c1cccc(OCCN(C)C(C)c2ccc(F)c(F)c2)c1. The molecule has 0 bridgehead atoms. The average Bonchev–Trinajstić information content (AvgIpc) is 2.62. The van der Waals surface area contributed by atoms with Gasteiger partial charge in [0, 0.05) is 12.6 Å². The van der Waals surface area contributed by atoms with Gasteiger partial charge in [-0.2, -0.15) is 0 Å². The normalized spacial score (nSPS) is 12.1. The lowest BCUT2D eigenvalue weighted by atomic mass is 10.1. The first-order chi connectivity index (χ1) is 11.9. The molecule has 0 aliphatic rings. The molecule has 0 amide bonds. The van der Waals surface area contributed by atoms with Crippen LogP contribution >= 0.6 is 0 Å². The number of carbonyl (C=O) groups is 1. The van der Waals surface area contributed by atoms with Crippen molar-refractivity contribution >= 4 is 5.97 Å². The summed E-state index contributed by atoms with van der Waals surface area (Å²) in [5, 5.41) is 0. The minimum Gasteiger partial charge on any atom is -0.492 e. The Morgan fingerprint density at radius 1 is 1.16 bits per heavy atom. The Labute approximate surface area is 146 Å². The van der Waals surface area contributed by atoms with Crippen LogP contribution in [0.5, 0.6) is 5.75 Å². The smallest absolute Gasteiger partial charge is 0.337 e. The molecule has 0 saturated heterocycles. The molecule has 6 heteroatoms. The number of nitrogens with zero attached hydrogens (tertiary/aromatic N) is 1. The number of methoxy groups -OCH3 is 1. The maximum Gasteiger partial charge on any atom is 0.337 e. The summed E-state index contributed by atoms with van der Waals surface area (Å²) in [4.78, 5) is 13.5. The summed E-state index contributed by atoms with van der Waals surface area (Å²) < 4.78 is 36.7. The number of likely N-dealkylation sites (N-methyl/N-ethyl adjacent to an activating group) is 1. The van der Waals surface area contributed by atoms with E-state index in [1.165, 1.54) is 13.2 Å². The summed E-state index contributed by atoms with van der Waals surface area (Å²) in [6.07, 6.45) is 0. The van der Waals surface area contributed by atoms with Gasteiger partial charge in [-0.25, -0.2) is 13.6 Å². The Morgan fingerprint density at radius 2 is 1.92 bits per heavy atom. The molecule has 0 aliphatic heterocycles. The molecule has 2 aromatic carbocycles. The van der Waals surface area contributed by atoms with Gasteiger partial charge in [0.2, 0.25) is 0 Å². The van der Waals surface area contributed by atoms with Crippen LogP contribution in [-0.4, -0.2) is 38.2 Å². The fraction of sp³-hybridized carbons (Fsp3) is 0.316. The van der Waals surface area contributed by atoms with Gasteiger partial charge in [0.15, 0.2) is 11.6 Å². The summed E-state index contributed by atoms with van der Waals surface area (Å²) in [5.74, 6) is -1.56. The van der Waals surface area contributed by atoms with Gasteiger partial charge >= 0.3 is 5.97 Å². The van der Waals surface area contributed by atoms with Crippen molar-refractivity contribution in [2.45, 2.75) is 13.0 Å². The van der Waals surface area contributed by atoms with Crippen LogP contribution in [0.3, 0.4) is 0 Å². The molecule has 0 saturated carbocycles. The highest BCUT2D eigenvalue weighted by Crippen LogP contribution is 2.21. The van der Waals surface area contributed by atoms with Crippen molar-refractivity contribution in [2.24, 2.45) is 0 Å². The van der Waals surface area contributed by atoms with E-state index >= 15 is 0 Å². The van der Waals surface area contributed by atoms with Gasteiger partial charge in [-0.15, -0.1) is 0 Å². The number of esters is 1. The first kappa shape index (κ1) is 18.9. The van der Waals surface area contributed by atoms with Crippen LogP contribution in [0, 0.1) is 11.6 Å². The highest BCUT2D eigenvalue weighted by atomic mass is 19.2. The largest absolute Gasteiger partial charge is 0.492 e. The molecule has 0 aromatic heterocycles. The van der Waals surface area contributed by atoms with Crippen molar-refractivity contribution in [3.63, 3.8) is 0 Å². The molecule has 0 N–H and O–H groups in total. The lowest BCUT2D eigenvalue weighted by Crippen LogP contribution is -2.27. The predicted octanol–water partition coefficient (Wildman–Crippen LogP) is 3.82. The Balaban J connectivity index is 1.90. The molecule has 134 valence electrons. The number of benzene rings is 2. The molecule has 0 heterocycles. The van der Waals surface area contributed by atoms with E-state index in [4.69, 9.17) is 4.74 Å². The molecule has 0 spiro atoms. The first-order valence-corrected chi connectivity index (χ1v) is 7.88. The third-order valence-electron chi connectivity index (χ3n) is 4.06. The zero-order valence-electron chi connectivity index (χ0n) is 14.5. The van der Waals surface area contributed by atoms with Crippen LogP contribution < -0.4 is 4.74 Å². The van der Waals surface area contributed by atoms with E-state index in [9.17, 15) is 13.6 Å². The summed E-state index contributed by atoms with van der Waals surface area (Å²) in [7, 11) is 3.20. The number of hydrogen-bond acceptors (Lipinski definition) is 4. The molecular weight excluding hydrogens is 328 g/mol. The minimum absolute atomic E-state index is 0.0971. The summed E-state index contributed by atoms with van der Waals surface area (Å²) in [6.45, 7) is 2.86. The number of halogens is 2. The van der Waals surface area contributed by atoms with Crippen molar-refractivity contribution in [1.82, 2.24) is 4.90 Å². The molecule has 1 atom stereocenters. The van der Waals surface area contributed by atoms with Crippen LogP contribution in [-0.2, 0) is 4.74 Å². The number of ether oxygens (including phenoxy) is 2. The van der Waals surface area contributed by atoms with Gasteiger partial charge < -0.3 is 9.47 Å². The van der Waals surface area contributed by atoms with E-state index in [1.807, 2.05) is 18.9 Å². The van der Waals surface area contributed by atoms with Crippen molar-refractivity contribution in [2.75, 3.05) is 27.3 Å². The molecule has 25 heavy (non-hydrogen) atoms. The van der Waals surface area contributed by atoms with Crippen LogP contribution in [0.25, 0.3) is 0 Å². The lowest BCUT2D eigenvalue weighted by molar-refractivity contribution is 0.0600. The molecule has 1 unspecified atom stereocenters. The topological polar surface area (TPSA) is 38.8 Å². The van der Waals surface area contributed by atoms with Gasteiger partial charge in [0.05, 0.1) is 12.7 Å². The van der Waals surface area contributed by atoms with Crippen LogP contribution in [0.2, 0.25) is 0 Å². The lowest BCUT2D eigenvalue weighted by Gasteiger charge is -2.25. The van der Waals surface area contributed by atoms with E-state index < -0.39 is 17.6 Å². The van der Waals surface area contributed by atoms with Gasteiger partial charge in [-0.05, 0) is 49.9 Å². The molecule has 0 radical (unpaired) electrons. The van der Waals surface area contributed by atoms with Crippen molar-refractivity contribution in [3.8, 4) is 5.75 Å². The molecule has 0 aliphatic carbocycles. The predicted molar refractivity (Wildman–Crippen MR) is 90.7 cm³/mol. The van der Waals surface area contributed by atoms with Gasteiger partial charge in [0.25, 0.3) is 0 Å². The van der Waals surface area contributed by atoms with E-state index in [0.717, 1.165) is 6.07 Å². The Morgan fingerprint density at radius 3 is 2.60 bits per heavy atom. The van der Waals surface area contributed by atoms with Gasteiger partial charge in [0.1, 0.15) is 12.4 Å². The first-order valence-electron chi connectivity index (χ1n) is 7.88. The van der Waals surface area contributed by atoms with Gasteiger partial charge in [-0.3, -0.25) is 4.90 Å². The standard InChI is InChI=1S/C19H21F2NO3/c1-13(14-7-8-17(20)18(21)12-14)22(2)9-10-25-16-6-4-5-15(11-16)19(23)24-3/h4-8,11-13H,9-10H2,1-3H3. The highest BCUT2D eigenvalue weighted by Gasteiger charge is 2.14. The quantitative estimate of drug-likeness (QED) is 0.712. The van der Waals surface area contributed by atoms with Crippen molar-refractivity contribution < 1.29 is 23.0 Å². The highest BCUT2D eigenvalue weighted by molar-refractivity contribution is 5.89. The summed E-state index contributed by atoms with van der Waals surface area (Å²) in [6, 6.07) is 10.5. The van der Waals surface area contributed by atoms with E-state index in [2.05, 4.69) is 4.74 Å². The Bertz CT molecular complexity index is 736. The van der Waals surface area contributed by atoms with Crippen LogP contribution in [0.15, 0.2) is 42.5 Å². The Kier molecular flexibility index (Phi) is 6.47. The van der Waals surface area contributed by atoms with E-state index in [1.54, 1.807) is 30.3 Å². The molecular formula is C19H21F2NO3. The second kappa shape index (κ2) is 8.58. The number of carbonyl (C=O) groups excluding carboxylic acids is 1. The second-order valence-electron chi connectivity index (χ2n) is 5.70. The Hall–Kier alpha value is -2.47. The maximum atomic E-state index is 13.4. The molecule has 0 fully saturated rings. The minimum atomic E-state index is -0.854. The van der Waals surface area contributed by atoms with Gasteiger partial charge in [-0.1, -0.05) is 12.1 Å². The number of rotatable bonds is 7. The fourth-order valence-electron chi connectivity index (χ4n) is 2.36. The van der Waals surface area contributed by atoms with E-state index in [-0.39, 0.29) is 6.04 Å². The third-order valence-corrected chi connectivity index (χ3v) is 4.06. The molecule has 2 rings (SSSR count). The van der Waals surface area contributed by atoms with Crippen molar-refractivity contribution in [3.05, 3.63) is 65.2 Å². The fourth-order valence-corrected chi connectivity index (χ4v) is 2.36. The second-order valence-corrected chi connectivity index (χ2v) is 5.70. The van der Waals surface area contributed by atoms with Crippen LogP contribution in [0.1, 0.15) is 28.9 Å². The van der Waals surface area contributed by atoms with Crippen molar-refractivity contribution in [1.29, 1.82) is 0 Å². The average molecular weight is 349 g/mol. The molecule has 4 nitrogen and oxygen atoms in total. The molecule has 2 aromatic rings. The summed E-state index contributed by atoms with van der Waals surface area (Å²) >= 11 is 0. The number of hydrogen-bond donors (Lipinski definition) is 0. The zero-order valence-corrected chi connectivity index (χ0v) is 14.5.